The molecule has 1 atom stereocenters. The molecule has 2 heterocycles. The molecule has 2 amide bonds. The number of piperazine rings is 1. The van der Waals surface area contributed by atoms with Gasteiger partial charge in [0.1, 0.15) is 6.04 Å². The monoisotopic (exact) mass is 278 g/mol. The van der Waals surface area contributed by atoms with Crippen LogP contribution in [0.4, 0.5) is 11.5 Å². The molecule has 8 heteroatoms. The van der Waals surface area contributed by atoms with Crippen molar-refractivity contribution in [1.29, 1.82) is 0 Å². The van der Waals surface area contributed by atoms with Crippen molar-refractivity contribution >= 4 is 29.3 Å². The number of carboxylic acids is 1. The number of aromatic nitrogens is 1. The molecule has 0 radical (unpaired) electrons. The Balaban J connectivity index is 2.40. The van der Waals surface area contributed by atoms with E-state index in [1.54, 1.807) is 6.92 Å². The molecule has 106 valence electrons. The molecule has 1 aliphatic heterocycles. The summed E-state index contributed by atoms with van der Waals surface area (Å²) in [5.41, 5.74) is 5.85. The second-order valence-electron chi connectivity index (χ2n) is 4.41. The number of anilines is 2. The summed E-state index contributed by atoms with van der Waals surface area (Å²) in [6.07, 6.45) is 1.62. The van der Waals surface area contributed by atoms with E-state index in [0.717, 1.165) is 6.20 Å². The molecule has 20 heavy (non-hydrogen) atoms. The van der Waals surface area contributed by atoms with E-state index < -0.39 is 23.8 Å². The van der Waals surface area contributed by atoms with Gasteiger partial charge in [-0.3, -0.25) is 14.9 Å². The fraction of sp³-hybridized carbons (Fsp3) is 0.333. The minimum atomic E-state index is -1.14. The van der Waals surface area contributed by atoms with E-state index in [-0.39, 0.29) is 23.6 Å². The lowest BCUT2D eigenvalue weighted by molar-refractivity contribution is -0.132. The number of pyridine rings is 1. The first-order valence-electron chi connectivity index (χ1n) is 6.03. The van der Waals surface area contributed by atoms with E-state index in [2.05, 4.69) is 10.3 Å². The van der Waals surface area contributed by atoms with Gasteiger partial charge >= 0.3 is 5.97 Å². The summed E-state index contributed by atoms with van der Waals surface area (Å²) >= 11 is 0. The summed E-state index contributed by atoms with van der Waals surface area (Å²) in [4.78, 5) is 39.5. The number of amides is 2. The van der Waals surface area contributed by atoms with Crippen LogP contribution in [0.3, 0.4) is 0 Å². The molecule has 1 aromatic heterocycles. The zero-order chi connectivity index (χ0) is 14.9. The third kappa shape index (κ3) is 2.40. The van der Waals surface area contributed by atoms with Crippen LogP contribution in [0, 0.1) is 0 Å². The highest BCUT2D eigenvalue weighted by molar-refractivity contribution is 6.05. The van der Waals surface area contributed by atoms with Crippen LogP contribution in [0.5, 0.6) is 0 Å². The summed E-state index contributed by atoms with van der Waals surface area (Å²) in [6, 6.07) is 0.701. The van der Waals surface area contributed by atoms with Crippen LogP contribution in [-0.4, -0.2) is 40.5 Å². The average Bonchev–Trinajstić information content (AvgIpc) is 2.37. The summed E-state index contributed by atoms with van der Waals surface area (Å²) in [5.74, 6) is -1.75. The quantitative estimate of drug-likeness (QED) is 0.642. The molecule has 0 saturated carbocycles. The number of carbonyl (C=O) groups excluding carboxylic acids is 2. The second kappa shape index (κ2) is 5.16. The van der Waals surface area contributed by atoms with E-state index in [4.69, 9.17) is 10.8 Å². The highest BCUT2D eigenvalue weighted by Gasteiger charge is 2.34. The van der Waals surface area contributed by atoms with Gasteiger partial charge in [0, 0.05) is 6.20 Å². The van der Waals surface area contributed by atoms with Gasteiger partial charge in [0.2, 0.25) is 11.8 Å². The van der Waals surface area contributed by atoms with Crippen molar-refractivity contribution < 1.29 is 19.5 Å². The van der Waals surface area contributed by atoms with Crippen LogP contribution in [-0.2, 0) is 9.59 Å². The third-order valence-electron chi connectivity index (χ3n) is 3.06. The van der Waals surface area contributed by atoms with Gasteiger partial charge in [-0.1, -0.05) is 6.92 Å². The summed E-state index contributed by atoms with van der Waals surface area (Å²) in [7, 11) is 0. The molecule has 1 aliphatic rings. The largest absolute Gasteiger partial charge is 0.478 e. The number of hydrogen-bond acceptors (Lipinski definition) is 6. The van der Waals surface area contributed by atoms with Crippen LogP contribution in [0.2, 0.25) is 0 Å². The fourth-order valence-corrected chi connectivity index (χ4v) is 2.13. The van der Waals surface area contributed by atoms with E-state index in [1.807, 2.05) is 0 Å². The molecule has 2 rings (SSSR count). The van der Waals surface area contributed by atoms with Crippen molar-refractivity contribution in [2.24, 2.45) is 0 Å². The first-order chi connectivity index (χ1) is 9.43. The normalized spacial score (nSPS) is 18.9. The van der Waals surface area contributed by atoms with Gasteiger partial charge in [-0.2, -0.15) is 0 Å². The summed E-state index contributed by atoms with van der Waals surface area (Å²) in [5, 5.41) is 11.1. The van der Waals surface area contributed by atoms with Crippen molar-refractivity contribution in [3.8, 4) is 0 Å². The van der Waals surface area contributed by atoms with Crippen molar-refractivity contribution in [3.63, 3.8) is 0 Å². The number of rotatable bonds is 3. The zero-order valence-corrected chi connectivity index (χ0v) is 10.8. The molecule has 4 N–H and O–H groups in total. The Morgan fingerprint density at radius 3 is 2.85 bits per heavy atom. The maximum Gasteiger partial charge on any atom is 0.337 e. The van der Waals surface area contributed by atoms with Gasteiger partial charge < -0.3 is 15.7 Å². The van der Waals surface area contributed by atoms with Crippen molar-refractivity contribution in [3.05, 3.63) is 17.8 Å². The molecule has 1 saturated heterocycles. The Hall–Kier alpha value is -2.64. The highest BCUT2D eigenvalue weighted by Crippen LogP contribution is 2.25. The Labute approximate surface area is 114 Å². The maximum atomic E-state index is 11.8. The van der Waals surface area contributed by atoms with Gasteiger partial charge in [-0.25, -0.2) is 9.78 Å². The smallest absolute Gasteiger partial charge is 0.337 e. The molecule has 0 spiro atoms. The molecule has 8 nitrogen and oxygen atoms in total. The fourth-order valence-electron chi connectivity index (χ4n) is 2.13. The predicted molar refractivity (Wildman–Crippen MR) is 70.2 cm³/mol. The van der Waals surface area contributed by atoms with Crippen molar-refractivity contribution in [1.82, 2.24) is 10.3 Å². The first kappa shape index (κ1) is 13.8. The highest BCUT2D eigenvalue weighted by atomic mass is 16.4. The van der Waals surface area contributed by atoms with Crippen LogP contribution in [0.25, 0.3) is 0 Å². The van der Waals surface area contributed by atoms with Gasteiger partial charge in [0.25, 0.3) is 0 Å². The van der Waals surface area contributed by atoms with Crippen LogP contribution in [0.15, 0.2) is 12.3 Å². The summed E-state index contributed by atoms with van der Waals surface area (Å²) in [6.45, 7) is 1.75. The minimum absolute atomic E-state index is 0.0478. The Kier molecular flexibility index (Phi) is 3.55. The van der Waals surface area contributed by atoms with Crippen LogP contribution >= 0.6 is 0 Å². The van der Waals surface area contributed by atoms with Crippen LogP contribution in [0.1, 0.15) is 23.7 Å². The standard InChI is InChI=1S/C12H14N4O4/c1-2-8-11(18)15-9(17)5-16(8)10-7(13)3-6(4-14-10)12(19)20/h3-4,8H,2,5,13H2,1H3,(H,19,20)(H,15,17,18). The molecule has 0 aromatic carbocycles. The van der Waals surface area contributed by atoms with Crippen molar-refractivity contribution in [2.45, 2.75) is 19.4 Å². The number of carbonyl (C=O) groups is 3. The topological polar surface area (TPSA) is 126 Å². The van der Waals surface area contributed by atoms with Gasteiger partial charge in [-0.15, -0.1) is 0 Å². The number of nitrogens with one attached hydrogen (secondary N) is 1. The predicted octanol–water partition coefficient (Wildman–Crippen LogP) is -0.397. The number of nitrogens with zero attached hydrogens (tertiary/aromatic N) is 2. The molecule has 1 unspecified atom stereocenters. The molecular weight excluding hydrogens is 264 g/mol. The number of imide groups is 1. The average molecular weight is 278 g/mol. The Morgan fingerprint density at radius 1 is 1.60 bits per heavy atom. The first-order valence-corrected chi connectivity index (χ1v) is 6.03. The lowest BCUT2D eigenvalue weighted by Crippen LogP contribution is -2.58. The second-order valence-corrected chi connectivity index (χ2v) is 4.41. The molecule has 1 fully saturated rings. The Morgan fingerprint density at radius 2 is 2.30 bits per heavy atom. The number of hydrogen-bond donors (Lipinski definition) is 3. The summed E-state index contributed by atoms with van der Waals surface area (Å²) < 4.78 is 0. The van der Waals surface area contributed by atoms with Gasteiger partial charge in [0.15, 0.2) is 5.82 Å². The molecule has 0 bridgehead atoms. The van der Waals surface area contributed by atoms with Gasteiger partial charge in [0.05, 0.1) is 17.8 Å². The van der Waals surface area contributed by atoms with Gasteiger partial charge in [-0.05, 0) is 12.5 Å². The maximum absolute atomic E-state index is 11.8. The lowest BCUT2D eigenvalue weighted by Gasteiger charge is -2.34. The Bertz CT molecular complexity index is 587. The van der Waals surface area contributed by atoms with Crippen molar-refractivity contribution in [2.75, 3.05) is 17.2 Å². The number of nitrogens with two attached hydrogens (primary N) is 1. The number of aromatic carboxylic acids is 1. The zero-order valence-electron chi connectivity index (χ0n) is 10.8. The van der Waals surface area contributed by atoms with E-state index in [9.17, 15) is 14.4 Å². The third-order valence-corrected chi connectivity index (χ3v) is 3.06. The van der Waals surface area contributed by atoms with E-state index in [0.29, 0.717) is 6.42 Å². The lowest BCUT2D eigenvalue weighted by atomic mass is 10.1. The molecule has 0 aliphatic carbocycles. The van der Waals surface area contributed by atoms with E-state index in [1.165, 1.54) is 11.0 Å². The minimum Gasteiger partial charge on any atom is -0.478 e. The van der Waals surface area contributed by atoms with Crippen LogP contribution < -0.4 is 16.0 Å². The molecule has 1 aromatic rings. The van der Waals surface area contributed by atoms with E-state index >= 15 is 0 Å². The number of carboxylic acid groups (broad SMARTS) is 1. The SMILES string of the molecule is CCC1C(=O)NC(=O)CN1c1ncc(C(=O)O)cc1N. The number of nitrogen functional groups attached to an aromatic ring is 1. The molecular formula is C12H14N4O4.